The molecule has 2 aromatic rings. The first-order chi connectivity index (χ1) is 7.72. The van der Waals surface area contributed by atoms with Crippen LogP contribution < -0.4 is 5.73 Å². The van der Waals surface area contributed by atoms with Crippen LogP contribution in [0.15, 0.2) is 30.3 Å². The van der Waals surface area contributed by atoms with Crippen LogP contribution in [-0.2, 0) is 0 Å². The summed E-state index contributed by atoms with van der Waals surface area (Å²) in [4.78, 5) is 4.28. The Bertz CT molecular complexity index is 501. The first kappa shape index (κ1) is 11.3. The van der Waals surface area contributed by atoms with Crippen LogP contribution in [0.25, 0.3) is 10.9 Å². The standard InChI is InChI=1S/C12H13ClN2O/c13-12-9(10(14)5-6-16)7-8-3-1-2-4-11(8)15-12/h1-4,7,10,16H,5-6,14H2/t10-/m0/s1. The van der Waals surface area contributed by atoms with Gasteiger partial charge >= 0.3 is 0 Å². The highest BCUT2D eigenvalue weighted by molar-refractivity contribution is 6.30. The van der Waals surface area contributed by atoms with Gasteiger partial charge in [0.2, 0.25) is 0 Å². The third-order valence-electron chi connectivity index (χ3n) is 2.54. The number of aromatic nitrogens is 1. The van der Waals surface area contributed by atoms with E-state index in [9.17, 15) is 0 Å². The van der Waals surface area contributed by atoms with Crippen LogP contribution in [0.2, 0.25) is 5.15 Å². The van der Waals surface area contributed by atoms with Gasteiger partial charge in [-0.1, -0.05) is 29.8 Å². The maximum atomic E-state index is 8.86. The molecular weight excluding hydrogens is 224 g/mol. The molecule has 1 atom stereocenters. The van der Waals surface area contributed by atoms with E-state index >= 15 is 0 Å². The molecule has 3 N–H and O–H groups in total. The van der Waals surface area contributed by atoms with Crippen molar-refractivity contribution in [3.63, 3.8) is 0 Å². The first-order valence-corrected chi connectivity index (χ1v) is 5.52. The van der Waals surface area contributed by atoms with Crippen LogP contribution in [0.1, 0.15) is 18.0 Å². The van der Waals surface area contributed by atoms with Crippen LogP contribution in [-0.4, -0.2) is 16.7 Å². The molecule has 1 heterocycles. The monoisotopic (exact) mass is 236 g/mol. The number of nitrogens with two attached hydrogens (primary N) is 1. The minimum absolute atomic E-state index is 0.0460. The zero-order valence-corrected chi connectivity index (χ0v) is 9.48. The summed E-state index contributed by atoms with van der Waals surface area (Å²) in [6, 6.07) is 9.40. The number of fused-ring (bicyclic) bond motifs is 1. The fourth-order valence-electron chi connectivity index (χ4n) is 1.66. The van der Waals surface area contributed by atoms with E-state index in [1.807, 2.05) is 30.3 Å². The van der Waals surface area contributed by atoms with E-state index < -0.39 is 0 Å². The van der Waals surface area contributed by atoms with Gasteiger partial charge in [-0.2, -0.15) is 0 Å². The highest BCUT2D eigenvalue weighted by Gasteiger charge is 2.11. The highest BCUT2D eigenvalue weighted by atomic mass is 35.5. The van der Waals surface area contributed by atoms with Crippen molar-refractivity contribution in [1.82, 2.24) is 4.98 Å². The smallest absolute Gasteiger partial charge is 0.134 e. The third-order valence-corrected chi connectivity index (χ3v) is 2.85. The molecule has 1 aromatic carbocycles. The Hall–Kier alpha value is -1.16. The largest absolute Gasteiger partial charge is 0.396 e. The Kier molecular flexibility index (Phi) is 3.39. The van der Waals surface area contributed by atoms with E-state index in [0.717, 1.165) is 16.5 Å². The Morgan fingerprint density at radius 1 is 1.38 bits per heavy atom. The van der Waals surface area contributed by atoms with Crippen molar-refractivity contribution in [1.29, 1.82) is 0 Å². The van der Waals surface area contributed by atoms with Crippen LogP contribution in [0.3, 0.4) is 0 Å². The molecule has 0 bridgehead atoms. The van der Waals surface area contributed by atoms with Crippen molar-refractivity contribution in [3.8, 4) is 0 Å². The van der Waals surface area contributed by atoms with E-state index in [1.54, 1.807) is 0 Å². The van der Waals surface area contributed by atoms with Crippen LogP contribution in [0, 0.1) is 0 Å². The second-order valence-corrected chi connectivity index (χ2v) is 4.04. The predicted octanol–water partition coefficient (Wildman–Crippen LogP) is 2.27. The van der Waals surface area contributed by atoms with Crippen molar-refractivity contribution in [2.45, 2.75) is 12.5 Å². The number of aliphatic hydroxyl groups excluding tert-OH is 1. The third kappa shape index (κ3) is 2.16. The van der Waals surface area contributed by atoms with Crippen molar-refractivity contribution < 1.29 is 5.11 Å². The lowest BCUT2D eigenvalue weighted by molar-refractivity contribution is 0.276. The highest BCUT2D eigenvalue weighted by Crippen LogP contribution is 2.25. The molecule has 84 valence electrons. The molecule has 0 aliphatic heterocycles. The van der Waals surface area contributed by atoms with Gasteiger partial charge in [0.15, 0.2) is 0 Å². The Balaban J connectivity index is 2.49. The maximum Gasteiger partial charge on any atom is 0.134 e. The lowest BCUT2D eigenvalue weighted by atomic mass is 10.0. The van der Waals surface area contributed by atoms with E-state index in [1.165, 1.54) is 0 Å². The molecule has 0 spiro atoms. The molecule has 4 heteroatoms. The molecule has 0 aliphatic rings. The summed E-state index contributed by atoms with van der Waals surface area (Å²) >= 11 is 6.06. The van der Waals surface area contributed by atoms with E-state index in [4.69, 9.17) is 22.4 Å². The lowest BCUT2D eigenvalue weighted by Crippen LogP contribution is -2.13. The number of rotatable bonds is 3. The van der Waals surface area contributed by atoms with Gasteiger partial charge in [-0.15, -0.1) is 0 Å². The minimum Gasteiger partial charge on any atom is -0.396 e. The number of benzene rings is 1. The number of aliphatic hydroxyl groups is 1. The van der Waals surface area contributed by atoms with Gasteiger partial charge in [-0.25, -0.2) is 4.98 Å². The quantitative estimate of drug-likeness (QED) is 0.804. The summed E-state index contributed by atoms with van der Waals surface area (Å²) in [6.45, 7) is 0.0460. The molecule has 0 fully saturated rings. The Morgan fingerprint density at radius 2 is 2.12 bits per heavy atom. The maximum absolute atomic E-state index is 8.86. The molecule has 0 unspecified atom stereocenters. The average Bonchev–Trinajstić information content (AvgIpc) is 2.28. The van der Waals surface area contributed by atoms with E-state index in [0.29, 0.717) is 11.6 Å². The van der Waals surface area contributed by atoms with E-state index in [-0.39, 0.29) is 12.6 Å². The zero-order valence-electron chi connectivity index (χ0n) is 8.73. The summed E-state index contributed by atoms with van der Waals surface area (Å²) < 4.78 is 0. The first-order valence-electron chi connectivity index (χ1n) is 5.14. The predicted molar refractivity (Wildman–Crippen MR) is 65.4 cm³/mol. The van der Waals surface area contributed by atoms with Gasteiger partial charge < -0.3 is 10.8 Å². The number of halogens is 1. The number of pyridine rings is 1. The SMILES string of the molecule is N[C@@H](CCO)c1cc2ccccc2nc1Cl. The molecule has 0 saturated carbocycles. The molecule has 0 saturated heterocycles. The topological polar surface area (TPSA) is 59.1 Å². The molecule has 0 aliphatic carbocycles. The fraction of sp³-hybridized carbons (Fsp3) is 0.250. The van der Waals surface area contributed by atoms with Gasteiger partial charge in [0.25, 0.3) is 0 Å². The van der Waals surface area contributed by atoms with Gasteiger partial charge in [0.1, 0.15) is 5.15 Å². The molecular formula is C12H13ClN2O. The molecule has 0 radical (unpaired) electrons. The normalized spacial score (nSPS) is 12.9. The second-order valence-electron chi connectivity index (χ2n) is 3.68. The number of para-hydroxylation sites is 1. The van der Waals surface area contributed by atoms with Gasteiger partial charge in [-0.05, 0) is 18.6 Å². The zero-order chi connectivity index (χ0) is 11.5. The molecule has 0 amide bonds. The second kappa shape index (κ2) is 4.78. The van der Waals surface area contributed by atoms with Crippen LogP contribution >= 0.6 is 11.6 Å². The van der Waals surface area contributed by atoms with Gasteiger partial charge in [0.05, 0.1) is 5.52 Å². The number of nitrogens with zero attached hydrogens (tertiary/aromatic N) is 1. The molecule has 3 nitrogen and oxygen atoms in total. The van der Waals surface area contributed by atoms with Crippen molar-refractivity contribution in [2.75, 3.05) is 6.61 Å². The van der Waals surface area contributed by atoms with E-state index in [2.05, 4.69) is 4.98 Å². The molecule has 16 heavy (non-hydrogen) atoms. The molecule has 1 aromatic heterocycles. The minimum atomic E-state index is -0.269. The summed E-state index contributed by atoms with van der Waals surface area (Å²) in [5.41, 5.74) is 7.55. The fourth-order valence-corrected chi connectivity index (χ4v) is 1.95. The summed E-state index contributed by atoms with van der Waals surface area (Å²) in [6.07, 6.45) is 0.486. The average molecular weight is 237 g/mol. The van der Waals surface area contributed by atoms with Crippen molar-refractivity contribution >= 4 is 22.5 Å². The lowest BCUT2D eigenvalue weighted by Gasteiger charge is -2.12. The van der Waals surface area contributed by atoms with Crippen LogP contribution in [0.4, 0.5) is 0 Å². The Labute approximate surface area is 98.9 Å². The summed E-state index contributed by atoms with van der Waals surface area (Å²) in [5, 5.41) is 10.3. The molecule has 2 rings (SSSR count). The number of hydrogen-bond donors (Lipinski definition) is 2. The van der Waals surface area contributed by atoms with Crippen molar-refractivity contribution in [3.05, 3.63) is 41.0 Å². The van der Waals surface area contributed by atoms with Gasteiger partial charge in [0, 0.05) is 23.6 Å². The number of hydrogen-bond acceptors (Lipinski definition) is 3. The van der Waals surface area contributed by atoms with Crippen LogP contribution in [0.5, 0.6) is 0 Å². The van der Waals surface area contributed by atoms with Crippen molar-refractivity contribution in [2.24, 2.45) is 5.73 Å². The van der Waals surface area contributed by atoms with Gasteiger partial charge in [-0.3, -0.25) is 0 Å². The summed E-state index contributed by atoms with van der Waals surface area (Å²) in [7, 11) is 0. The Morgan fingerprint density at radius 3 is 2.88 bits per heavy atom. The summed E-state index contributed by atoms with van der Waals surface area (Å²) in [5.74, 6) is 0.